The molecule has 1 saturated carbocycles. The Labute approximate surface area is 111 Å². The zero-order chi connectivity index (χ0) is 12.8. The number of hydrogen-bond acceptors (Lipinski definition) is 2. The summed E-state index contributed by atoms with van der Waals surface area (Å²) in [6.45, 7) is 3.36. The van der Waals surface area contributed by atoms with E-state index >= 15 is 0 Å². The third-order valence-electron chi connectivity index (χ3n) is 4.04. The lowest BCUT2D eigenvalue weighted by Gasteiger charge is -2.24. The van der Waals surface area contributed by atoms with Gasteiger partial charge in [0, 0.05) is 11.6 Å². The summed E-state index contributed by atoms with van der Waals surface area (Å²) in [6.07, 6.45) is 7.04. The van der Waals surface area contributed by atoms with Crippen LogP contribution in [0.25, 0.3) is 0 Å². The molecule has 2 rings (SSSR count). The van der Waals surface area contributed by atoms with Gasteiger partial charge in [0.1, 0.15) is 5.75 Å². The fourth-order valence-corrected chi connectivity index (χ4v) is 2.87. The maximum absolute atomic E-state index is 5.42. The minimum atomic E-state index is 0.364. The average Bonchev–Trinajstić information content (AvgIpc) is 2.45. The van der Waals surface area contributed by atoms with Crippen LogP contribution in [0.1, 0.15) is 50.6 Å². The van der Waals surface area contributed by atoms with E-state index in [1.54, 1.807) is 7.11 Å². The highest BCUT2D eigenvalue weighted by Gasteiger charge is 2.16. The molecule has 18 heavy (non-hydrogen) atoms. The summed E-state index contributed by atoms with van der Waals surface area (Å²) in [5, 5.41) is 3.66. The van der Waals surface area contributed by atoms with Crippen molar-refractivity contribution in [2.75, 3.05) is 13.7 Å². The van der Waals surface area contributed by atoms with Gasteiger partial charge in [0.05, 0.1) is 7.11 Å². The molecule has 1 aliphatic rings. The molecule has 1 fully saturated rings. The lowest BCUT2D eigenvalue weighted by Crippen LogP contribution is -2.27. The van der Waals surface area contributed by atoms with Gasteiger partial charge in [0.15, 0.2) is 0 Å². The fraction of sp³-hybridized carbons (Fsp3) is 0.625. The zero-order valence-corrected chi connectivity index (χ0v) is 11.6. The van der Waals surface area contributed by atoms with Crippen LogP contribution in [0.5, 0.6) is 5.75 Å². The Hall–Kier alpha value is -1.02. The molecule has 0 amide bonds. The highest BCUT2D eigenvalue weighted by molar-refractivity contribution is 5.35. The first-order valence-corrected chi connectivity index (χ1v) is 7.17. The Bertz CT molecular complexity index is 358. The predicted molar refractivity (Wildman–Crippen MR) is 76.0 cm³/mol. The Kier molecular flexibility index (Phi) is 5.06. The Morgan fingerprint density at radius 1 is 1.22 bits per heavy atom. The van der Waals surface area contributed by atoms with Crippen LogP contribution in [0.3, 0.4) is 0 Å². The molecular formula is C16H25NO. The van der Waals surface area contributed by atoms with E-state index in [2.05, 4.69) is 24.4 Å². The van der Waals surface area contributed by atoms with Crippen LogP contribution < -0.4 is 10.1 Å². The van der Waals surface area contributed by atoms with Crippen molar-refractivity contribution in [3.8, 4) is 5.75 Å². The topological polar surface area (TPSA) is 21.3 Å². The summed E-state index contributed by atoms with van der Waals surface area (Å²) >= 11 is 0. The molecule has 0 spiro atoms. The van der Waals surface area contributed by atoms with E-state index < -0.39 is 0 Å². The summed E-state index contributed by atoms with van der Waals surface area (Å²) in [5.41, 5.74) is 1.26. The number of para-hydroxylation sites is 1. The van der Waals surface area contributed by atoms with Crippen LogP contribution in [0.4, 0.5) is 0 Å². The molecule has 0 heterocycles. The van der Waals surface area contributed by atoms with Crippen LogP contribution in [0.2, 0.25) is 0 Å². The summed E-state index contributed by atoms with van der Waals surface area (Å²) in [7, 11) is 1.74. The van der Waals surface area contributed by atoms with Gasteiger partial charge < -0.3 is 10.1 Å². The minimum absolute atomic E-state index is 0.364. The number of rotatable bonds is 5. The summed E-state index contributed by atoms with van der Waals surface area (Å²) in [6, 6.07) is 8.65. The highest BCUT2D eigenvalue weighted by Crippen LogP contribution is 2.26. The molecule has 1 atom stereocenters. The largest absolute Gasteiger partial charge is 0.496 e. The van der Waals surface area contributed by atoms with Crippen LogP contribution >= 0.6 is 0 Å². The first-order valence-electron chi connectivity index (χ1n) is 7.17. The SMILES string of the molecule is COc1ccccc1[C@H](C)NCC1CCCCC1. The first kappa shape index (κ1) is 13.4. The Balaban J connectivity index is 1.88. The van der Waals surface area contributed by atoms with Crippen molar-refractivity contribution in [3.05, 3.63) is 29.8 Å². The molecule has 0 aliphatic heterocycles. The lowest BCUT2D eigenvalue weighted by atomic mass is 9.89. The minimum Gasteiger partial charge on any atom is -0.496 e. The van der Waals surface area contributed by atoms with Crippen molar-refractivity contribution in [2.45, 2.75) is 45.1 Å². The van der Waals surface area contributed by atoms with Gasteiger partial charge in [-0.3, -0.25) is 0 Å². The van der Waals surface area contributed by atoms with Gasteiger partial charge in [-0.25, -0.2) is 0 Å². The van der Waals surface area contributed by atoms with Crippen molar-refractivity contribution in [1.29, 1.82) is 0 Å². The van der Waals surface area contributed by atoms with E-state index in [4.69, 9.17) is 4.74 Å². The molecule has 0 aromatic heterocycles. The molecule has 2 nitrogen and oxygen atoms in total. The molecule has 0 unspecified atom stereocenters. The van der Waals surface area contributed by atoms with E-state index in [9.17, 15) is 0 Å². The maximum atomic E-state index is 5.42. The third-order valence-corrected chi connectivity index (χ3v) is 4.04. The normalized spacial score (nSPS) is 18.6. The molecule has 1 aromatic carbocycles. The smallest absolute Gasteiger partial charge is 0.123 e. The standard InChI is InChI=1S/C16H25NO/c1-13(15-10-6-7-11-16(15)18-2)17-12-14-8-4-3-5-9-14/h6-7,10-11,13-14,17H,3-5,8-9,12H2,1-2H3/t13-/m0/s1. The van der Waals surface area contributed by atoms with E-state index in [0.717, 1.165) is 18.2 Å². The van der Waals surface area contributed by atoms with Crippen molar-refractivity contribution < 1.29 is 4.74 Å². The molecular weight excluding hydrogens is 222 g/mol. The molecule has 100 valence electrons. The van der Waals surface area contributed by atoms with Crippen LogP contribution in [0.15, 0.2) is 24.3 Å². The molecule has 1 aliphatic carbocycles. The number of hydrogen-bond donors (Lipinski definition) is 1. The zero-order valence-electron chi connectivity index (χ0n) is 11.6. The third kappa shape index (κ3) is 3.49. The van der Waals surface area contributed by atoms with E-state index in [1.807, 2.05) is 12.1 Å². The van der Waals surface area contributed by atoms with Gasteiger partial charge in [0.25, 0.3) is 0 Å². The average molecular weight is 247 g/mol. The summed E-state index contributed by atoms with van der Waals surface area (Å²) < 4.78 is 5.42. The van der Waals surface area contributed by atoms with Crippen LogP contribution in [0, 0.1) is 5.92 Å². The van der Waals surface area contributed by atoms with E-state index in [1.165, 1.54) is 37.7 Å². The monoisotopic (exact) mass is 247 g/mol. The quantitative estimate of drug-likeness (QED) is 0.851. The molecule has 0 radical (unpaired) electrons. The second-order valence-corrected chi connectivity index (χ2v) is 5.38. The Morgan fingerprint density at radius 2 is 1.94 bits per heavy atom. The molecule has 1 aromatic rings. The molecule has 0 saturated heterocycles. The maximum Gasteiger partial charge on any atom is 0.123 e. The van der Waals surface area contributed by atoms with Gasteiger partial charge in [-0.15, -0.1) is 0 Å². The second kappa shape index (κ2) is 6.79. The van der Waals surface area contributed by atoms with Gasteiger partial charge in [-0.1, -0.05) is 37.5 Å². The van der Waals surface area contributed by atoms with Crippen LogP contribution in [-0.2, 0) is 0 Å². The van der Waals surface area contributed by atoms with E-state index in [0.29, 0.717) is 6.04 Å². The van der Waals surface area contributed by atoms with E-state index in [-0.39, 0.29) is 0 Å². The molecule has 2 heteroatoms. The number of benzene rings is 1. The Morgan fingerprint density at radius 3 is 2.67 bits per heavy atom. The van der Waals surface area contributed by atoms with Gasteiger partial charge in [-0.05, 0) is 38.3 Å². The molecule has 0 bridgehead atoms. The molecule has 1 N–H and O–H groups in total. The van der Waals surface area contributed by atoms with Crippen molar-refractivity contribution in [3.63, 3.8) is 0 Å². The van der Waals surface area contributed by atoms with Crippen molar-refractivity contribution in [1.82, 2.24) is 5.32 Å². The summed E-state index contributed by atoms with van der Waals surface area (Å²) in [5.74, 6) is 1.86. The van der Waals surface area contributed by atoms with Gasteiger partial charge in [0.2, 0.25) is 0 Å². The van der Waals surface area contributed by atoms with Gasteiger partial charge in [-0.2, -0.15) is 0 Å². The lowest BCUT2D eigenvalue weighted by molar-refractivity contribution is 0.328. The highest BCUT2D eigenvalue weighted by atomic mass is 16.5. The van der Waals surface area contributed by atoms with Crippen molar-refractivity contribution in [2.24, 2.45) is 5.92 Å². The predicted octanol–water partition coefficient (Wildman–Crippen LogP) is 3.93. The number of ether oxygens (including phenoxy) is 1. The number of methoxy groups -OCH3 is 1. The summed E-state index contributed by atoms with van der Waals surface area (Å²) in [4.78, 5) is 0. The first-order chi connectivity index (χ1) is 8.81. The second-order valence-electron chi connectivity index (χ2n) is 5.38. The van der Waals surface area contributed by atoms with Crippen LogP contribution in [-0.4, -0.2) is 13.7 Å². The number of nitrogens with one attached hydrogen (secondary N) is 1. The van der Waals surface area contributed by atoms with Gasteiger partial charge >= 0.3 is 0 Å². The fourth-order valence-electron chi connectivity index (χ4n) is 2.87. The van der Waals surface area contributed by atoms with Crippen molar-refractivity contribution >= 4 is 0 Å².